The van der Waals surface area contributed by atoms with Crippen molar-refractivity contribution in [2.45, 2.75) is 45.0 Å². The number of benzene rings is 1. The van der Waals surface area contributed by atoms with Gasteiger partial charge in [0, 0.05) is 25.0 Å². The first-order valence-corrected chi connectivity index (χ1v) is 6.56. The first-order chi connectivity index (χ1) is 9.45. The summed E-state index contributed by atoms with van der Waals surface area (Å²) in [7, 11) is 0. The van der Waals surface area contributed by atoms with Gasteiger partial charge in [-0.1, -0.05) is 0 Å². The number of non-ortho nitro benzene ring substituents is 1. The highest BCUT2D eigenvalue weighted by Gasteiger charge is 2.27. The topological polar surface area (TPSA) is 78.7 Å². The molecule has 0 spiro atoms. The summed E-state index contributed by atoms with van der Waals surface area (Å²) in [6, 6.07) is 5.41. The number of nitro benzene ring substituents is 1. The molecular weight excluding hydrogens is 262 g/mol. The molecule has 1 saturated heterocycles. The average Bonchev–Trinajstić information content (AvgIpc) is 2.37. The number of nitrogens with zero attached hydrogens (tertiary/aromatic N) is 1. The summed E-state index contributed by atoms with van der Waals surface area (Å²) in [6.45, 7) is 3.89. The molecule has 1 aromatic rings. The maximum absolute atomic E-state index is 12.0. The second-order valence-corrected chi connectivity index (χ2v) is 5.06. The van der Waals surface area contributed by atoms with Crippen LogP contribution in [0.25, 0.3) is 0 Å². The number of rotatable bonds is 3. The van der Waals surface area contributed by atoms with E-state index in [-0.39, 0.29) is 24.0 Å². The van der Waals surface area contributed by atoms with Crippen LogP contribution in [0.3, 0.4) is 0 Å². The number of carbonyl (C=O) groups excluding carboxylic acids is 1. The molecule has 20 heavy (non-hydrogen) atoms. The molecule has 6 nitrogen and oxygen atoms in total. The van der Waals surface area contributed by atoms with Crippen molar-refractivity contribution in [3.05, 3.63) is 39.9 Å². The predicted octanol–water partition coefficient (Wildman–Crippen LogP) is 2.71. The van der Waals surface area contributed by atoms with E-state index >= 15 is 0 Å². The maximum Gasteiger partial charge on any atom is 0.338 e. The lowest BCUT2D eigenvalue weighted by molar-refractivity contribution is -0.384. The number of nitro groups is 1. The smallest absolute Gasteiger partial charge is 0.338 e. The van der Waals surface area contributed by atoms with E-state index in [0.29, 0.717) is 18.4 Å². The highest BCUT2D eigenvalue weighted by Crippen LogP contribution is 2.23. The number of esters is 1. The Kier molecular flexibility index (Phi) is 4.34. The molecule has 1 aliphatic heterocycles. The summed E-state index contributed by atoms with van der Waals surface area (Å²) < 4.78 is 11.0. The summed E-state index contributed by atoms with van der Waals surface area (Å²) >= 11 is 0. The van der Waals surface area contributed by atoms with Gasteiger partial charge in [0.2, 0.25) is 0 Å². The van der Waals surface area contributed by atoms with Gasteiger partial charge in [0.15, 0.2) is 0 Å². The minimum atomic E-state index is -0.503. The van der Waals surface area contributed by atoms with E-state index in [1.54, 1.807) is 0 Å². The molecule has 1 aliphatic rings. The number of ether oxygens (including phenoxy) is 2. The molecule has 0 aliphatic carbocycles. The van der Waals surface area contributed by atoms with Crippen molar-refractivity contribution in [1.29, 1.82) is 0 Å². The van der Waals surface area contributed by atoms with Gasteiger partial charge in [-0.2, -0.15) is 0 Å². The Labute approximate surface area is 116 Å². The van der Waals surface area contributed by atoms with Crippen molar-refractivity contribution in [3.8, 4) is 0 Å². The first kappa shape index (κ1) is 14.5. The summed E-state index contributed by atoms with van der Waals surface area (Å²) in [5, 5.41) is 10.5. The van der Waals surface area contributed by atoms with Crippen LogP contribution in [0.2, 0.25) is 0 Å². The zero-order valence-corrected chi connectivity index (χ0v) is 11.4. The third kappa shape index (κ3) is 3.54. The molecule has 3 atom stereocenters. The van der Waals surface area contributed by atoms with E-state index in [4.69, 9.17) is 9.47 Å². The summed E-state index contributed by atoms with van der Waals surface area (Å²) in [4.78, 5) is 22.0. The quantitative estimate of drug-likeness (QED) is 0.483. The van der Waals surface area contributed by atoms with Crippen LogP contribution < -0.4 is 0 Å². The van der Waals surface area contributed by atoms with Crippen LogP contribution in [0.5, 0.6) is 0 Å². The standard InChI is InChI=1S/C14H17NO5/c1-9-7-13(8-10(2)19-9)20-14(16)11-3-5-12(6-4-11)15(17)18/h3-6,9-10,13H,7-8H2,1-2H3/t9-,10+,13?. The van der Waals surface area contributed by atoms with Crippen molar-refractivity contribution >= 4 is 11.7 Å². The Morgan fingerprint density at radius 1 is 1.25 bits per heavy atom. The van der Waals surface area contributed by atoms with Gasteiger partial charge in [0.05, 0.1) is 22.7 Å². The minimum absolute atomic E-state index is 0.0464. The summed E-state index contributed by atoms with van der Waals surface area (Å²) in [6.07, 6.45) is 1.30. The van der Waals surface area contributed by atoms with Crippen LogP contribution in [-0.2, 0) is 9.47 Å². The minimum Gasteiger partial charge on any atom is -0.459 e. The zero-order valence-electron chi connectivity index (χ0n) is 11.4. The molecule has 2 rings (SSSR count). The lowest BCUT2D eigenvalue weighted by atomic mass is 10.0. The van der Waals surface area contributed by atoms with Crippen LogP contribution in [-0.4, -0.2) is 29.2 Å². The Morgan fingerprint density at radius 2 is 1.80 bits per heavy atom. The molecule has 0 amide bonds. The van der Waals surface area contributed by atoms with E-state index in [9.17, 15) is 14.9 Å². The molecule has 1 heterocycles. The fourth-order valence-corrected chi connectivity index (χ4v) is 2.38. The van der Waals surface area contributed by atoms with Crippen LogP contribution in [0.1, 0.15) is 37.0 Å². The molecule has 0 aromatic heterocycles. The molecule has 0 radical (unpaired) electrons. The lowest BCUT2D eigenvalue weighted by Crippen LogP contribution is -2.35. The fourth-order valence-electron chi connectivity index (χ4n) is 2.38. The summed E-state index contributed by atoms with van der Waals surface area (Å²) in [5.41, 5.74) is 0.275. The number of hydrogen-bond acceptors (Lipinski definition) is 5. The fraction of sp³-hybridized carbons (Fsp3) is 0.500. The van der Waals surface area contributed by atoms with Gasteiger partial charge < -0.3 is 9.47 Å². The van der Waals surface area contributed by atoms with Gasteiger partial charge in [-0.05, 0) is 26.0 Å². The van der Waals surface area contributed by atoms with Crippen molar-refractivity contribution in [3.63, 3.8) is 0 Å². The van der Waals surface area contributed by atoms with Crippen molar-refractivity contribution in [1.82, 2.24) is 0 Å². The van der Waals surface area contributed by atoms with E-state index in [1.807, 2.05) is 13.8 Å². The SMILES string of the molecule is C[C@@H]1CC(OC(=O)c2ccc([N+](=O)[O-])cc2)C[C@H](C)O1. The van der Waals surface area contributed by atoms with Crippen LogP contribution in [0, 0.1) is 10.1 Å². The zero-order chi connectivity index (χ0) is 14.7. The summed E-state index contributed by atoms with van der Waals surface area (Å²) in [5.74, 6) is -0.453. The van der Waals surface area contributed by atoms with Crippen molar-refractivity contribution in [2.24, 2.45) is 0 Å². The highest BCUT2D eigenvalue weighted by molar-refractivity contribution is 5.89. The number of carbonyl (C=O) groups is 1. The molecule has 1 fully saturated rings. The van der Waals surface area contributed by atoms with Crippen LogP contribution in [0.15, 0.2) is 24.3 Å². The maximum atomic E-state index is 12.0. The van der Waals surface area contributed by atoms with Crippen LogP contribution in [0.4, 0.5) is 5.69 Å². The van der Waals surface area contributed by atoms with Gasteiger partial charge in [-0.15, -0.1) is 0 Å². The Morgan fingerprint density at radius 3 is 2.30 bits per heavy atom. The Balaban J connectivity index is 1.99. The molecule has 1 aromatic carbocycles. The third-order valence-electron chi connectivity index (χ3n) is 3.24. The average molecular weight is 279 g/mol. The van der Waals surface area contributed by atoms with Gasteiger partial charge >= 0.3 is 5.97 Å². The van der Waals surface area contributed by atoms with Gasteiger partial charge in [-0.3, -0.25) is 10.1 Å². The Hall–Kier alpha value is -1.95. The largest absolute Gasteiger partial charge is 0.459 e. The monoisotopic (exact) mass is 279 g/mol. The molecular formula is C14H17NO5. The number of hydrogen-bond donors (Lipinski definition) is 0. The molecule has 108 valence electrons. The van der Waals surface area contributed by atoms with Crippen molar-refractivity contribution < 1.29 is 19.2 Å². The molecule has 1 unspecified atom stereocenters. The van der Waals surface area contributed by atoms with Crippen molar-refractivity contribution in [2.75, 3.05) is 0 Å². The second-order valence-electron chi connectivity index (χ2n) is 5.06. The molecule has 0 bridgehead atoms. The highest BCUT2D eigenvalue weighted by atomic mass is 16.6. The first-order valence-electron chi connectivity index (χ1n) is 6.56. The lowest BCUT2D eigenvalue weighted by Gasteiger charge is -2.31. The Bertz CT molecular complexity index is 489. The van der Waals surface area contributed by atoms with E-state index in [1.165, 1.54) is 24.3 Å². The van der Waals surface area contributed by atoms with Crippen LogP contribution >= 0.6 is 0 Å². The third-order valence-corrected chi connectivity index (χ3v) is 3.24. The van der Waals surface area contributed by atoms with Gasteiger partial charge in [-0.25, -0.2) is 4.79 Å². The normalized spacial score (nSPS) is 26.0. The molecule has 6 heteroatoms. The van der Waals surface area contributed by atoms with E-state index < -0.39 is 10.9 Å². The van der Waals surface area contributed by atoms with Gasteiger partial charge in [0.1, 0.15) is 6.10 Å². The van der Waals surface area contributed by atoms with Gasteiger partial charge in [0.25, 0.3) is 5.69 Å². The molecule has 0 N–H and O–H groups in total. The predicted molar refractivity (Wildman–Crippen MR) is 71.5 cm³/mol. The second kappa shape index (κ2) is 6.00. The van der Waals surface area contributed by atoms with E-state index in [2.05, 4.69) is 0 Å². The van der Waals surface area contributed by atoms with E-state index in [0.717, 1.165) is 0 Å². The molecule has 0 saturated carbocycles.